The van der Waals surface area contributed by atoms with Gasteiger partial charge in [0.05, 0.1) is 19.1 Å². The molecule has 2 aliphatic rings. The number of carbonyl (C=O) groups excluding carboxylic acids is 1. The molecule has 28 heavy (non-hydrogen) atoms. The van der Waals surface area contributed by atoms with Crippen molar-refractivity contribution in [2.45, 2.75) is 58.8 Å². The third-order valence-corrected chi connectivity index (χ3v) is 6.06. The van der Waals surface area contributed by atoms with Crippen molar-refractivity contribution in [3.63, 3.8) is 0 Å². The van der Waals surface area contributed by atoms with Crippen LogP contribution in [0, 0.1) is 5.41 Å². The lowest BCUT2D eigenvalue weighted by molar-refractivity contribution is -0.00572. The summed E-state index contributed by atoms with van der Waals surface area (Å²) in [5.41, 5.74) is 1.23. The first-order valence-corrected chi connectivity index (χ1v) is 10.1. The van der Waals surface area contributed by atoms with E-state index < -0.39 is 0 Å². The lowest BCUT2D eigenvalue weighted by Gasteiger charge is -2.41. The van der Waals surface area contributed by atoms with E-state index in [0.29, 0.717) is 19.0 Å². The van der Waals surface area contributed by atoms with Crippen LogP contribution in [0.5, 0.6) is 0 Å². The molecule has 2 aromatic heterocycles. The molecule has 0 saturated carbocycles. The number of carbonyl (C=O) groups is 1. The Morgan fingerprint density at radius 1 is 1.36 bits per heavy atom. The fourth-order valence-electron chi connectivity index (χ4n) is 4.04. The highest BCUT2D eigenvalue weighted by molar-refractivity contribution is 5.90. The number of aromatic nitrogens is 3. The van der Waals surface area contributed by atoms with Crippen molar-refractivity contribution in [2.24, 2.45) is 5.41 Å². The van der Waals surface area contributed by atoms with Gasteiger partial charge in [0, 0.05) is 30.1 Å². The van der Waals surface area contributed by atoms with Gasteiger partial charge in [0.15, 0.2) is 5.82 Å². The van der Waals surface area contributed by atoms with E-state index in [-0.39, 0.29) is 17.4 Å². The lowest BCUT2D eigenvalue weighted by Crippen LogP contribution is -2.44. The summed E-state index contributed by atoms with van der Waals surface area (Å²) >= 11 is 0. The highest BCUT2D eigenvalue weighted by Gasteiger charge is 2.39. The molecule has 1 fully saturated rings. The zero-order chi connectivity index (χ0) is 19.6. The Hall–Kier alpha value is -2.19. The summed E-state index contributed by atoms with van der Waals surface area (Å²) in [5, 5.41) is 11.4. The second-order valence-corrected chi connectivity index (χ2v) is 8.21. The molecule has 8 heteroatoms. The first-order chi connectivity index (χ1) is 13.6. The van der Waals surface area contributed by atoms with Crippen LogP contribution in [0.1, 0.15) is 55.1 Å². The molecule has 2 aliphatic heterocycles. The van der Waals surface area contributed by atoms with Gasteiger partial charge < -0.3 is 19.0 Å². The Morgan fingerprint density at radius 2 is 2.18 bits per heavy atom. The van der Waals surface area contributed by atoms with Crippen molar-refractivity contribution >= 4 is 5.91 Å². The molecule has 4 rings (SSSR count). The maximum absolute atomic E-state index is 12.7. The number of nitrogens with zero attached hydrogens (tertiary/aromatic N) is 4. The third kappa shape index (κ3) is 3.98. The van der Waals surface area contributed by atoms with Gasteiger partial charge in [0.1, 0.15) is 6.61 Å². The minimum absolute atomic E-state index is 0.0198. The normalized spacial score (nSPS) is 20.5. The summed E-state index contributed by atoms with van der Waals surface area (Å²) in [6.45, 7) is 8.80. The van der Waals surface area contributed by atoms with Gasteiger partial charge in [-0.25, -0.2) is 0 Å². The number of hydrogen-bond acceptors (Lipinski definition) is 6. The number of fused-ring (bicyclic) bond motifs is 1. The maximum atomic E-state index is 12.7. The summed E-state index contributed by atoms with van der Waals surface area (Å²) in [4.78, 5) is 15.1. The Kier molecular flexibility index (Phi) is 5.50. The van der Waals surface area contributed by atoms with E-state index in [1.54, 1.807) is 6.26 Å². The number of piperidine rings is 1. The molecule has 2 aromatic rings. The number of likely N-dealkylation sites (tertiary alicyclic amines) is 1. The van der Waals surface area contributed by atoms with Crippen LogP contribution >= 0.6 is 0 Å². The SMILES string of the molecule is CCC(C)NC(=O)c1nnc2n1CC1(CCN(Cc3ccoc3)CC1)COC2. The summed E-state index contributed by atoms with van der Waals surface area (Å²) in [6.07, 6.45) is 6.46. The van der Waals surface area contributed by atoms with Gasteiger partial charge in [-0.3, -0.25) is 9.69 Å². The van der Waals surface area contributed by atoms with Crippen LogP contribution in [-0.2, 0) is 24.4 Å². The van der Waals surface area contributed by atoms with Crippen LogP contribution in [0.2, 0.25) is 0 Å². The van der Waals surface area contributed by atoms with Gasteiger partial charge in [0.2, 0.25) is 5.82 Å². The molecular weight excluding hydrogens is 358 g/mol. The summed E-state index contributed by atoms with van der Waals surface area (Å²) in [6, 6.07) is 2.13. The molecule has 0 radical (unpaired) electrons. The Bertz CT molecular complexity index is 793. The van der Waals surface area contributed by atoms with Crippen molar-refractivity contribution in [3.05, 3.63) is 35.8 Å². The average molecular weight is 387 g/mol. The summed E-state index contributed by atoms with van der Waals surface area (Å²) < 4.78 is 13.1. The van der Waals surface area contributed by atoms with Gasteiger partial charge >= 0.3 is 0 Å². The minimum atomic E-state index is -0.150. The van der Waals surface area contributed by atoms with Crippen LogP contribution < -0.4 is 5.32 Å². The van der Waals surface area contributed by atoms with Gasteiger partial charge in [-0.2, -0.15) is 0 Å². The van der Waals surface area contributed by atoms with Crippen LogP contribution in [0.4, 0.5) is 0 Å². The highest BCUT2D eigenvalue weighted by atomic mass is 16.5. The topological polar surface area (TPSA) is 85.4 Å². The van der Waals surface area contributed by atoms with Gasteiger partial charge in [-0.05, 0) is 45.3 Å². The Morgan fingerprint density at radius 3 is 2.89 bits per heavy atom. The van der Waals surface area contributed by atoms with Gasteiger partial charge in [-0.1, -0.05) is 6.92 Å². The number of hydrogen-bond donors (Lipinski definition) is 1. The van der Waals surface area contributed by atoms with Crippen LogP contribution in [0.25, 0.3) is 0 Å². The predicted octanol–water partition coefficient (Wildman–Crippen LogP) is 2.21. The Labute approximate surface area is 165 Å². The molecule has 1 amide bonds. The standard InChI is InChI=1S/C20H29N5O3/c1-3-15(2)21-19(26)18-23-22-17-12-28-14-20(13-25(17)18)5-7-24(8-6-20)10-16-4-9-27-11-16/h4,9,11,15H,3,5-8,10,12-14H2,1-2H3,(H,21,26). The van der Waals surface area contributed by atoms with E-state index in [2.05, 4.69) is 27.3 Å². The van der Waals surface area contributed by atoms with E-state index in [1.165, 1.54) is 5.56 Å². The zero-order valence-corrected chi connectivity index (χ0v) is 16.7. The van der Waals surface area contributed by atoms with E-state index >= 15 is 0 Å². The lowest BCUT2D eigenvalue weighted by atomic mass is 9.78. The number of rotatable bonds is 5. The number of ether oxygens (including phenoxy) is 1. The molecule has 1 saturated heterocycles. The molecule has 0 aromatic carbocycles. The second-order valence-electron chi connectivity index (χ2n) is 8.21. The Balaban J connectivity index is 1.46. The van der Waals surface area contributed by atoms with E-state index in [0.717, 1.165) is 51.3 Å². The first kappa shape index (κ1) is 19.1. The number of nitrogens with one attached hydrogen (secondary N) is 1. The third-order valence-electron chi connectivity index (χ3n) is 6.06. The number of amides is 1. The molecule has 1 atom stereocenters. The van der Waals surface area contributed by atoms with Crippen LogP contribution in [-0.4, -0.2) is 51.3 Å². The minimum Gasteiger partial charge on any atom is -0.472 e. The van der Waals surface area contributed by atoms with E-state index in [1.807, 2.05) is 23.8 Å². The van der Waals surface area contributed by atoms with Crippen LogP contribution in [0.3, 0.4) is 0 Å². The second kappa shape index (κ2) is 8.05. The fraction of sp³-hybridized carbons (Fsp3) is 0.650. The van der Waals surface area contributed by atoms with E-state index in [4.69, 9.17) is 9.15 Å². The molecule has 0 bridgehead atoms. The van der Waals surface area contributed by atoms with Gasteiger partial charge in [0.25, 0.3) is 5.91 Å². The fourth-order valence-corrected chi connectivity index (χ4v) is 4.04. The molecule has 1 spiro atoms. The highest BCUT2D eigenvalue weighted by Crippen LogP contribution is 2.36. The molecular formula is C20H29N5O3. The quantitative estimate of drug-likeness (QED) is 0.847. The largest absolute Gasteiger partial charge is 0.472 e. The zero-order valence-electron chi connectivity index (χ0n) is 16.7. The van der Waals surface area contributed by atoms with Crippen molar-refractivity contribution in [1.29, 1.82) is 0 Å². The maximum Gasteiger partial charge on any atom is 0.289 e. The molecule has 152 valence electrons. The van der Waals surface area contributed by atoms with Crippen LogP contribution in [0.15, 0.2) is 23.0 Å². The molecule has 1 unspecified atom stereocenters. The predicted molar refractivity (Wildman–Crippen MR) is 103 cm³/mol. The average Bonchev–Trinajstić information content (AvgIpc) is 3.30. The molecule has 1 N–H and O–H groups in total. The van der Waals surface area contributed by atoms with Crippen molar-refractivity contribution in [2.75, 3.05) is 19.7 Å². The van der Waals surface area contributed by atoms with Gasteiger partial charge in [-0.15, -0.1) is 10.2 Å². The van der Waals surface area contributed by atoms with Crippen molar-refractivity contribution in [1.82, 2.24) is 25.0 Å². The van der Waals surface area contributed by atoms with Crippen molar-refractivity contribution in [3.8, 4) is 0 Å². The van der Waals surface area contributed by atoms with E-state index in [9.17, 15) is 4.79 Å². The molecule has 8 nitrogen and oxygen atoms in total. The number of furan rings is 1. The summed E-state index contributed by atoms with van der Waals surface area (Å²) in [5.74, 6) is 0.996. The molecule has 4 heterocycles. The van der Waals surface area contributed by atoms with Crippen molar-refractivity contribution < 1.29 is 13.9 Å². The molecule has 0 aliphatic carbocycles. The first-order valence-electron chi connectivity index (χ1n) is 10.1. The smallest absolute Gasteiger partial charge is 0.289 e. The monoisotopic (exact) mass is 387 g/mol. The summed E-state index contributed by atoms with van der Waals surface area (Å²) in [7, 11) is 0.